The molecular weight excluding hydrogens is 1060 g/mol. The van der Waals surface area contributed by atoms with Crippen molar-refractivity contribution in [2.75, 3.05) is 53.4 Å². The summed E-state index contributed by atoms with van der Waals surface area (Å²) in [5, 5.41) is 34.5. The van der Waals surface area contributed by atoms with Gasteiger partial charge in [0.15, 0.2) is 0 Å². The molecule has 1 aromatic rings. The Balaban J connectivity index is 1.25. The summed E-state index contributed by atoms with van der Waals surface area (Å²) in [7, 11) is 2.89. The van der Waals surface area contributed by atoms with E-state index < -0.39 is 125 Å². The van der Waals surface area contributed by atoms with Crippen molar-refractivity contribution in [3.63, 3.8) is 0 Å². The number of amides is 3. The molecule has 22 nitrogen and oxygen atoms in total. The van der Waals surface area contributed by atoms with Crippen molar-refractivity contribution >= 4 is 41.2 Å². The first-order valence-electron chi connectivity index (χ1n) is 29.0. The highest BCUT2D eigenvalue weighted by molar-refractivity contribution is 6.19. The predicted octanol–water partition coefficient (Wildman–Crippen LogP) is 3.91. The molecule has 0 radical (unpaired) electrons. The second kappa shape index (κ2) is 26.2. The van der Waals surface area contributed by atoms with E-state index in [0.717, 1.165) is 19.6 Å². The summed E-state index contributed by atoms with van der Waals surface area (Å²) in [5.41, 5.74) is 11.7. The number of ketones is 2. The summed E-state index contributed by atoms with van der Waals surface area (Å²) < 4.78 is 30.7. The molecule has 3 amide bonds. The summed E-state index contributed by atoms with van der Waals surface area (Å²) in [5.74, 6) is -9.29. The number of carbonyl (C=O) groups is 7. The third-order valence-corrected chi connectivity index (χ3v) is 17.3. The molecule has 1 spiro atoms. The maximum atomic E-state index is 15.0. The number of ether oxygens (including phenoxy) is 5. The number of Topliss-reactive ketones (excluding diaryl/α,β-unsaturated/α-hetero) is 2. The van der Waals surface area contributed by atoms with Crippen LogP contribution >= 0.6 is 0 Å². The molecule has 22 heteroatoms. The average Bonchev–Trinajstić information content (AvgIpc) is 1.81. The lowest BCUT2D eigenvalue weighted by molar-refractivity contribution is -0.167. The van der Waals surface area contributed by atoms with Crippen LogP contribution in [0.2, 0.25) is 0 Å². The molecule has 1 aromatic carbocycles. The topological polar surface area (TPSA) is 304 Å². The number of likely N-dealkylation sites (N-methyl/N-ethyl adjacent to an activating group) is 1. The lowest BCUT2D eigenvalue weighted by atomic mass is 9.78. The maximum absolute atomic E-state index is 15.0. The van der Waals surface area contributed by atoms with Crippen molar-refractivity contribution in [3.05, 3.63) is 69.8 Å². The van der Waals surface area contributed by atoms with Gasteiger partial charge in [0, 0.05) is 94.6 Å². The standard InChI is InChI=1S/C60H88N8O14/c1-31(2)29-67-26-22-60(23-27-67)64-46-43-44-50(72)37(8)54-45(43)55(74)59(10,82-54)79-28-21-41(78-12)34(5)53(80-38(9)69)36(7)49(71)35(6)52(32(3)17-15-18-33(4)56(75)63-48(51(44)73)47(46)65-60)81-42(70)30-66(11)58(77)40-20-16-25-68(40)57(76)39(62)19-13-14-24-61/h15,17-18,21,28,31-32,34-36,39-41,46,49,52-53,64-65,71-72H,13-14,16,19-20,22-27,29-30,61-62H2,1-12H3,(H,63,75)/b17-15+,28-21+,33-18-/t32-,34+,35-,36+,39-,40-,41-,46?,49+,52-,53+,59-/m0/s1. The lowest BCUT2D eigenvalue weighted by Crippen LogP contribution is -2.56. The van der Waals surface area contributed by atoms with Crippen molar-refractivity contribution in [2.24, 2.45) is 41.1 Å². The minimum absolute atomic E-state index is 0.0316. The Labute approximate surface area is 481 Å². The molecule has 7 aliphatic rings. The number of nitrogens with two attached hydrogens (primary N) is 2. The number of nitrogens with one attached hydrogen (secondary N) is 3. The number of rotatable bonds is 13. The number of esters is 2. The number of piperidine rings is 1. The molecule has 0 aromatic heterocycles. The van der Waals surface area contributed by atoms with E-state index >= 15 is 4.79 Å². The Hall–Kier alpha value is -6.17. The van der Waals surface area contributed by atoms with E-state index in [1.54, 1.807) is 46.8 Å². The van der Waals surface area contributed by atoms with Crippen LogP contribution in [-0.2, 0) is 42.9 Å². The van der Waals surface area contributed by atoms with E-state index in [9.17, 15) is 39.0 Å². The third-order valence-electron chi connectivity index (χ3n) is 17.3. The largest absolute Gasteiger partial charge is 0.507 e. The van der Waals surface area contributed by atoms with Crippen molar-refractivity contribution in [3.8, 4) is 11.5 Å². The Kier molecular flexibility index (Phi) is 20.2. The number of hydrogen-bond donors (Lipinski definition) is 7. The highest BCUT2D eigenvalue weighted by atomic mass is 16.7. The van der Waals surface area contributed by atoms with Crippen LogP contribution in [0.5, 0.6) is 11.5 Å². The van der Waals surface area contributed by atoms with Gasteiger partial charge in [0.05, 0.1) is 53.0 Å². The molecule has 1 unspecified atom stereocenters. The molecular formula is C60H88N8O14. The zero-order valence-corrected chi connectivity index (χ0v) is 49.8. The van der Waals surface area contributed by atoms with Crippen LogP contribution in [0.1, 0.15) is 145 Å². The molecule has 8 rings (SSSR count). The van der Waals surface area contributed by atoms with Gasteiger partial charge in [0.1, 0.15) is 42.0 Å². The van der Waals surface area contributed by atoms with Crippen molar-refractivity contribution < 1.29 is 67.5 Å². The molecule has 452 valence electrons. The molecule has 9 N–H and O–H groups in total. The van der Waals surface area contributed by atoms with Gasteiger partial charge in [-0.05, 0) is 70.9 Å². The normalized spacial score (nSPS) is 31.3. The Morgan fingerprint density at radius 3 is 2.29 bits per heavy atom. The number of aliphatic hydroxyl groups is 1. The van der Waals surface area contributed by atoms with Gasteiger partial charge in [-0.1, -0.05) is 66.2 Å². The predicted molar refractivity (Wildman–Crippen MR) is 303 cm³/mol. The molecule has 5 bridgehead atoms. The number of phenolic OH excluding ortho intramolecular Hbond substituents is 1. The number of aromatic hydroxyl groups is 1. The number of phenols is 1. The minimum atomic E-state index is -2.02. The van der Waals surface area contributed by atoms with Crippen LogP contribution in [0.3, 0.4) is 0 Å². The van der Waals surface area contributed by atoms with E-state index in [4.69, 9.17) is 35.2 Å². The van der Waals surface area contributed by atoms with E-state index in [2.05, 4.69) is 34.7 Å². The van der Waals surface area contributed by atoms with Crippen LogP contribution in [0.25, 0.3) is 0 Å². The highest BCUT2D eigenvalue weighted by Gasteiger charge is 2.56. The SMILES string of the molecule is CO[C@H]1/C=C/O[C@@]2(C)Oc3c(C)c(O)c4c(c3C2=O)C2NC3(CCN(CC(C)C)CC3)NC2=C(NC(=O)/C(C)=C\C=C\[C@H](C)[C@H](OC(=O)CN(C)C(=O)[C@@H]2CCCN2C(=O)[C@@H](N)CCCCN)[C@@H](C)[C@@H](O)[C@@H](C)[C@H](OC(C)=O)[C@@H]1C)C4=O. The van der Waals surface area contributed by atoms with Gasteiger partial charge >= 0.3 is 17.7 Å². The fraction of sp³-hybridized carbons (Fsp3) is 0.650. The van der Waals surface area contributed by atoms with Gasteiger partial charge in [0.25, 0.3) is 11.7 Å². The van der Waals surface area contributed by atoms with Gasteiger partial charge in [0.2, 0.25) is 17.6 Å². The zero-order valence-electron chi connectivity index (χ0n) is 49.8. The number of allylic oxidation sites excluding steroid dienone is 3. The van der Waals surface area contributed by atoms with Crippen molar-refractivity contribution in [1.29, 1.82) is 0 Å². The molecule has 82 heavy (non-hydrogen) atoms. The number of fused-ring (bicyclic) bond motifs is 13. The number of carbonyl (C=O) groups excluding carboxylic acids is 7. The zero-order chi connectivity index (χ0) is 60.3. The fourth-order valence-corrected chi connectivity index (χ4v) is 12.7. The highest BCUT2D eigenvalue weighted by Crippen LogP contribution is 2.53. The van der Waals surface area contributed by atoms with Crippen LogP contribution < -0.4 is 32.2 Å². The maximum Gasteiger partial charge on any atom is 0.325 e. The number of likely N-dealkylation sites (tertiary alicyclic amines) is 2. The Morgan fingerprint density at radius 1 is 0.963 bits per heavy atom. The molecule has 6 aliphatic heterocycles. The van der Waals surface area contributed by atoms with Crippen LogP contribution in [0, 0.1) is 36.5 Å². The molecule has 3 saturated heterocycles. The fourth-order valence-electron chi connectivity index (χ4n) is 12.7. The summed E-state index contributed by atoms with van der Waals surface area (Å²) in [6.45, 7) is 19.6. The van der Waals surface area contributed by atoms with Gasteiger partial charge in [-0.3, -0.25) is 38.9 Å². The molecule has 0 saturated carbocycles. The number of methoxy groups -OCH3 is 1. The Morgan fingerprint density at radius 2 is 1.65 bits per heavy atom. The first-order valence-corrected chi connectivity index (χ1v) is 29.0. The van der Waals surface area contributed by atoms with Gasteiger partial charge in [-0.15, -0.1) is 0 Å². The second-order valence-electron chi connectivity index (χ2n) is 24.0. The van der Waals surface area contributed by atoms with Gasteiger partial charge < -0.3 is 70.7 Å². The summed E-state index contributed by atoms with van der Waals surface area (Å²) in [4.78, 5) is 104. The number of benzene rings is 1. The van der Waals surface area contributed by atoms with Crippen LogP contribution in [0.4, 0.5) is 0 Å². The van der Waals surface area contributed by atoms with Crippen LogP contribution in [-0.4, -0.2) is 168 Å². The Bertz CT molecular complexity index is 2750. The average molecular weight is 1150 g/mol. The number of hydrogen-bond acceptors (Lipinski definition) is 19. The van der Waals surface area contributed by atoms with E-state index in [1.807, 2.05) is 0 Å². The molecule has 1 aliphatic carbocycles. The van der Waals surface area contributed by atoms with E-state index in [-0.39, 0.29) is 45.2 Å². The number of nitrogens with zero attached hydrogens (tertiary/aromatic N) is 3. The summed E-state index contributed by atoms with van der Waals surface area (Å²) in [6.07, 6.45) is 7.24. The van der Waals surface area contributed by atoms with E-state index in [0.29, 0.717) is 69.7 Å². The van der Waals surface area contributed by atoms with Crippen LogP contribution in [0.15, 0.2) is 47.5 Å². The van der Waals surface area contributed by atoms with Crippen molar-refractivity contribution in [1.82, 2.24) is 30.7 Å². The smallest absolute Gasteiger partial charge is 0.325 e. The van der Waals surface area contributed by atoms with Crippen molar-refractivity contribution in [2.45, 2.75) is 168 Å². The quantitative estimate of drug-likeness (QED) is 0.109. The summed E-state index contributed by atoms with van der Waals surface area (Å²) >= 11 is 0. The monoisotopic (exact) mass is 1140 g/mol. The molecule has 6 heterocycles. The van der Waals surface area contributed by atoms with Gasteiger partial charge in [-0.25, -0.2) is 0 Å². The first kappa shape index (κ1) is 63.4. The van der Waals surface area contributed by atoms with Gasteiger partial charge in [-0.2, -0.15) is 0 Å². The minimum Gasteiger partial charge on any atom is -0.507 e. The third kappa shape index (κ3) is 13.1. The molecule has 3 fully saturated rings. The second-order valence-corrected chi connectivity index (χ2v) is 24.0. The summed E-state index contributed by atoms with van der Waals surface area (Å²) in [6, 6.07) is -2.52. The molecule has 12 atom stereocenters. The first-order chi connectivity index (χ1) is 38.7. The number of aliphatic hydroxyl groups excluding tert-OH is 1. The van der Waals surface area contributed by atoms with E-state index in [1.165, 1.54) is 63.1 Å². The number of unbranched alkanes of at least 4 members (excludes halogenated alkanes) is 1. The lowest BCUT2D eigenvalue weighted by Gasteiger charge is -2.40.